The topological polar surface area (TPSA) is 123 Å². The van der Waals surface area contributed by atoms with E-state index in [1.54, 1.807) is 31.3 Å². The Bertz CT molecular complexity index is 944. The second kappa shape index (κ2) is 6.23. The molecule has 0 atom stereocenters. The molecule has 0 saturated heterocycles. The molecule has 1 aromatic heterocycles. The van der Waals surface area contributed by atoms with Crippen molar-refractivity contribution in [3.05, 3.63) is 57.4 Å². The number of imide groups is 1. The van der Waals surface area contributed by atoms with Crippen LogP contribution in [0, 0.1) is 0 Å². The maximum atomic E-state index is 12.3. The molecule has 0 aliphatic carbocycles. The number of nitrogen functional groups attached to an aromatic ring is 1. The van der Waals surface area contributed by atoms with Crippen molar-refractivity contribution in [1.29, 1.82) is 0 Å². The Labute approximate surface area is 142 Å². The van der Waals surface area contributed by atoms with Gasteiger partial charge in [-0.3, -0.25) is 29.1 Å². The van der Waals surface area contributed by atoms with E-state index in [9.17, 15) is 19.2 Å². The summed E-state index contributed by atoms with van der Waals surface area (Å²) in [6.45, 7) is 0. The molecule has 0 fully saturated rings. The summed E-state index contributed by atoms with van der Waals surface area (Å²) >= 11 is 0. The van der Waals surface area contributed by atoms with Gasteiger partial charge in [-0.2, -0.15) is 0 Å². The second-order valence-electron chi connectivity index (χ2n) is 5.61. The van der Waals surface area contributed by atoms with Crippen LogP contribution in [0.15, 0.2) is 35.1 Å². The zero-order chi connectivity index (χ0) is 18.1. The van der Waals surface area contributed by atoms with E-state index >= 15 is 0 Å². The summed E-state index contributed by atoms with van der Waals surface area (Å²) in [6, 6.07) is 8.02. The van der Waals surface area contributed by atoms with E-state index in [0.717, 1.165) is 11.6 Å². The third-order valence-corrected chi connectivity index (χ3v) is 4.07. The molecule has 1 aromatic carbocycles. The number of hydrogen-bond donors (Lipinski definition) is 3. The molecule has 2 aromatic rings. The molecule has 8 heteroatoms. The number of fused-ring (bicyclic) bond motifs is 1. The molecule has 4 N–H and O–H groups in total. The van der Waals surface area contributed by atoms with E-state index in [1.807, 2.05) is 0 Å². The summed E-state index contributed by atoms with van der Waals surface area (Å²) in [6.07, 6.45) is 0.921. The van der Waals surface area contributed by atoms with E-state index < -0.39 is 17.4 Å². The van der Waals surface area contributed by atoms with Crippen molar-refractivity contribution in [2.75, 3.05) is 12.8 Å². The lowest BCUT2D eigenvalue weighted by atomic mass is 10.1. The van der Waals surface area contributed by atoms with E-state index in [4.69, 9.17) is 5.73 Å². The van der Waals surface area contributed by atoms with E-state index in [1.165, 1.54) is 4.57 Å². The Balaban J connectivity index is 1.97. The number of amides is 3. The molecule has 0 saturated carbocycles. The van der Waals surface area contributed by atoms with Crippen molar-refractivity contribution in [2.45, 2.75) is 12.8 Å². The average molecular weight is 340 g/mol. The zero-order valence-electron chi connectivity index (χ0n) is 13.5. The molecule has 3 rings (SSSR count). The first kappa shape index (κ1) is 16.4. The number of nitrogens with two attached hydrogens (primary N) is 1. The van der Waals surface area contributed by atoms with Crippen LogP contribution < -0.4 is 21.9 Å². The predicted molar refractivity (Wildman–Crippen MR) is 90.6 cm³/mol. The monoisotopic (exact) mass is 340 g/mol. The van der Waals surface area contributed by atoms with Crippen LogP contribution >= 0.6 is 0 Å². The zero-order valence-corrected chi connectivity index (χ0v) is 13.5. The maximum Gasteiger partial charge on any atom is 0.262 e. The van der Waals surface area contributed by atoms with Gasteiger partial charge >= 0.3 is 0 Å². The summed E-state index contributed by atoms with van der Waals surface area (Å²) in [5.74, 6) is -1.38. The highest BCUT2D eigenvalue weighted by Crippen LogP contribution is 2.23. The SMILES string of the molecule is CNC(=O)CCc1ccc(-n2c(N)c3c(cc2=O)C(=O)NC3=O)cc1. The van der Waals surface area contributed by atoms with Crippen molar-refractivity contribution in [3.8, 4) is 5.69 Å². The number of nitrogens with zero attached hydrogens (tertiary/aromatic N) is 1. The number of pyridine rings is 1. The lowest BCUT2D eigenvalue weighted by Crippen LogP contribution is -2.24. The van der Waals surface area contributed by atoms with Crippen LogP contribution in [-0.2, 0) is 11.2 Å². The fraction of sp³-hybridized carbons (Fsp3) is 0.176. The van der Waals surface area contributed by atoms with Crippen LogP contribution in [0.1, 0.15) is 32.7 Å². The fourth-order valence-electron chi connectivity index (χ4n) is 2.74. The van der Waals surface area contributed by atoms with Crippen molar-refractivity contribution >= 4 is 23.5 Å². The van der Waals surface area contributed by atoms with Crippen molar-refractivity contribution in [2.24, 2.45) is 0 Å². The average Bonchev–Trinajstić information content (AvgIpc) is 2.87. The summed E-state index contributed by atoms with van der Waals surface area (Å²) in [7, 11) is 1.58. The molecule has 2 heterocycles. The van der Waals surface area contributed by atoms with Crippen LogP contribution in [0.2, 0.25) is 0 Å². The van der Waals surface area contributed by atoms with Crippen LogP contribution in [0.3, 0.4) is 0 Å². The van der Waals surface area contributed by atoms with Crippen molar-refractivity contribution in [3.63, 3.8) is 0 Å². The van der Waals surface area contributed by atoms with Gasteiger partial charge in [0.05, 0.1) is 16.8 Å². The van der Waals surface area contributed by atoms with Gasteiger partial charge in [0, 0.05) is 19.5 Å². The third kappa shape index (κ3) is 2.89. The van der Waals surface area contributed by atoms with Gasteiger partial charge < -0.3 is 11.1 Å². The first-order chi connectivity index (χ1) is 11.9. The van der Waals surface area contributed by atoms with Gasteiger partial charge in [-0.15, -0.1) is 0 Å². The minimum atomic E-state index is -0.625. The minimum Gasteiger partial charge on any atom is -0.384 e. The summed E-state index contributed by atoms with van der Waals surface area (Å²) < 4.78 is 1.18. The lowest BCUT2D eigenvalue weighted by molar-refractivity contribution is -0.120. The predicted octanol–water partition coefficient (Wildman–Crippen LogP) is -0.0181. The number of hydrogen-bond acceptors (Lipinski definition) is 5. The molecule has 0 spiro atoms. The van der Waals surface area contributed by atoms with Crippen LogP contribution in [-0.4, -0.2) is 29.3 Å². The number of benzene rings is 1. The quantitative estimate of drug-likeness (QED) is 0.675. The van der Waals surface area contributed by atoms with Gasteiger partial charge in [0.25, 0.3) is 17.4 Å². The van der Waals surface area contributed by atoms with Gasteiger partial charge in [-0.25, -0.2) is 0 Å². The normalized spacial score (nSPS) is 12.7. The van der Waals surface area contributed by atoms with Crippen molar-refractivity contribution < 1.29 is 14.4 Å². The molecule has 8 nitrogen and oxygen atoms in total. The molecule has 3 amide bonds. The van der Waals surface area contributed by atoms with Crippen LogP contribution in [0.5, 0.6) is 0 Å². The lowest BCUT2D eigenvalue weighted by Gasteiger charge is -2.12. The molecule has 0 radical (unpaired) electrons. The number of carbonyl (C=O) groups excluding carboxylic acids is 3. The summed E-state index contributed by atoms with van der Waals surface area (Å²) in [4.78, 5) is 47.1. The molecule has 1 aliphatic heterocycles. The first-order valence-electron chi connectivity index (χ1n) is 7.63. The fourth-order valence-corrected chi connectivity index (χ4v) is 2.74. The minimum absolute atomic E-state index is 0.00768. The van der Waals surface area contributed by atoms with E-state index in [2.05, 4.69) is 10.6 Å². The molecule has 25 heavy (non-hydrogen) atoms. The highest BCUT2D eigenvalue weighted by molar-refractivity contribution is 6.23. The smallest absolute Gasteiger partial charge is 0.262 e. The summed E-state index contributed by atoms with van der Waals surface area (Å²) in [5.41, 5.74) is 6.87. The number of aryl methyl sites for hydroxylation is 1. The van der Waals surface area contributed by atoms with E-state index in [-0.39, 0.29) is 22.9 Å². The molecule has 0 unspecified atom stereocenters. The van der Waals surface area contributed by atoms with E-state index in [0.29, 0.717) is 18.5 Å². The number of aromatic nitrogens is 1. The Kier molecular flexibility index (Phi) is 4.10. The Morgan fingerprint density at radius 1 is 1.16 bits per heavy atom. The Hall–Kier alpha value is -3.42. The number of nitrogens with one attached hydrogen (secondary N) is 2. The Morgan fingerprint density at radius 3 is 2.48 bits per heavy atom. The van der Waals surface area contributed by atoms with Crippen molar-refractivity contribution in [1.82, 2.24) is 15.2 Å². The number of carbonyl (C=O) groups is 3. The Morgan fingerprint density at radius 2 is 1.84 bits per heavy atom. The highest BCUT2D eigenvalue weighted by Gasteiger charge is 2.31. The molecule has 0 bridgehead atoms. The second-order valence-corrected chi connectivity index (χ2v) is 5.61. The van der Waals surface area contributed by atoms with Gasteiger partial charge in [-0.1, -0.05) is 12.1 Å². The van der Waals surface area contributed by atoms with Crippen LogP contribution in [0.4, 0.5) is 5.82 Å². The highest BCUT2D eigenvalue weighted by atomic mass is 16.2. The summed E-state index contributed by atoms with van der Waals surface area (Å²) in [5, 5.41) is 4.68. The van der Waals surface area contributed by atoms with Gasteiger partial charge in [0.15, 0.2) is 0 Å². The van der Waals surface area contributed by atoms with Crippen LogP contribution in [0.25, 0.3) is 5.69 Å². The largest absolute Gasteiger partial charge is 0.384 e. The standard InChI is InChI=1S/C17H16N4O4/c1-19-12(22)7-4-9-2-5-10(6-3-9)21-13(23)8-11-14(15(21)18)17(25)20-16(11)24/h2-3,5-6,8H,4,7,18H2,1H3,(H,19,22)(H,20,24,25). The first-order valence-corrected chi connectivity index (χ1v) is 7.63. The third-order valence-electron chi connectivity index (χ3n) is 4.07. The molecule has 1 aliphatic rings. The van der Waals surface area contributed by atoms with Gasteiger partial charge in [0.1, 0.15) is 5.82 Å². The number of rotatable bonds is 4. The number of anilines is 1. The molecule has 128 valence electrons. The molecular formula is C17H16N4O4. The van der Waals surface area contributed by atoms with Gasteiger partial charge in [0.2, 0.25) is 5.91 Å². The van der Waals surface area contributed by atoms with Gasteiger partial charge in [-0.05, 0) is 24.1 Å². The maximum absolute atomic E-state index is 12.3. The molecular weight excluding hydrogens is 324 g/mol.